The molecular weight excluding hydrogens is 395 g/mol. The molecule has 1 fully saturated rings. The largest absolute Gasteiger partial charge is 0.493 e. The van der Waals surface area contributed by atoms with E-state index in [0.29, 0.717) is 13.0 Å². The van der Waals surface area contributed by atoms with Gasteiger partial charge in [-0.05, 0) is 56.1 Å². The summed E-state index contributed by atoms with van der Waals surface area (Å²) in [5.74, 6) is -0.452. The number of ether oxygens (including phenoxy) is 2. The van der Waals surface area contributed by atoms with Gasteiger partial charge in [0, 0.05) is 12.6 Å². The van der Waals surface area contributed by atoms with Crippen molar-refractivity contribution in [3.63, 3.8) is 0 Å². The maximum atomic E-state index is 14.1. The molecule has 162 valence electrons. The quantitative estimate of drug-likeness (QED) is 0.322. The van der Waals surface area contributed by atoms with Crippen molar-refractivity contribution in [3.05, 3.63) is 58.7 Å². The summed E-state index contributed by atoms with van der Waals surface area (Å²) in [6, 6.07) is 9.31. The third-order valence-corrected chi connectivity index (χ3v) is 5.41. The van der Waals surface area contributed by atoms with Crippen molar-refractivity contribution in [2.45, 2.75) is 45.3 Å². The van der Waals surface area contributed by atoms with Crippen LogP contribution in [0.5, 0.6) is 11.5 Å². The third-order valence-electron chi connectivity index (χ3n) is 5.41. The molecule has 7 heteroatoms. The summed E-state index contributed by atoms with van der Waals surface area (Å²) in [6.07, 6.45) is -2.38. The van der Waals surface area contributed by atoms with Crippen LogP contribution >= 0.6 is 0 Å². The maximum Gasteiger partial charge on any atom is 0.417 e. The lowest BCUT2D eigenvalue weighted by Gasteiger charge is -2.40. The zero-order chi connectivity index (χ0) is 21.9. The van der Waals surface area contributed by atoms with E-state index < -0.39 is 17.7 Å². The Balaban J connectivity index is 2.11. The topological polar surface area (TPSA) is 38.8 Å². The Labute approximate surface area is 174 Å². The normalized spacial score (nSPS) is 16.8. The van der Waals surface area contributed by atoms with E-state index in [1.807, 2.05) is 11.8 Å². The summed E-state index contributed by atoms with van der Waals surface area (Å²) in [5.41, 5.74) is -0.959. The minimum absolute atomic E-state index is 0.144. The number of hydrogen-bond donors (Lipinski definition) is 0. The Morgan fingerprint density at radius 2 is 1.93 bits per heavy atom. The van der Waals surface area contributed by atoms with Crippen LogP contribution in [0.15, 0.2) is 36.4 Å². The minimum atomic E-state index is -4.60. The van der Waals surface area contributed by atoms with Crippen LogP contribution in [-0.2, 0) is 6.18 Å². The van der Waals surface area contributed by atoms with E-state index >= 15 is 0 Å². The van der Waals surface area contributed by atoms with Crippen molar-refractivity contribution in [1.82, 2.24) is 4.90 Å². The average molecular weight is 421 g/mol. The second kappa shape index (κ2) is 9.08. The molecule has 0 bridgehead atoms. The molecule has 0 N–H and O–H groups in total. The van der Waals surface area contributed by atoms with Crippen LogP contribution in [0.3, 0.4) is 0 Å². The molecular formula is C23H26F3NO3. The van der Waals surface area contributed by atoms with E-state index in [2.05, 4.69) is 0 Å². The van der Waals surface area contributed by atoms with Gasteiger partial charge < -0.3 is 9.47 Å². The Bertz CT molecular complexity index is 897. The lowest BCUT2D eigenvalue weighted by Crippen LogP contribution is -2.38. The Morgan fingerprint density at radius 1 is 1.23 bits per heavy atom. The average Bonchev–Trinajstić information content (AvgIpc) is 2.66. The van der Waals surface area contributed by atoms with Gasteiger partial charge in [0.2, 0.25) is 0 Å². The number of benzene rings is 2. The highest BCUT2D eigenvalue weighted by Gasteiger charge is 2.42. The number of halogens is 3. The van der Waals surface area contributed by atoms with E-state index in [0.717, 1.165) is 19.4 Å². The van der Waals surface area contributed by atoms with Gasteiger partial charge in [0.1, 0.15) is 17.1 Å². The first-order chi connectivity index (χ1) is 14.2. The molecule has 3 rings (SSSR count). The summed E-state index contributed by atoms with van der Waals surface area (Å²) in [4.78, 5) is 14.8. The Hall–Kier alpha value is -2.54. The standard InChI is InChI=1S/C23H26F3NO3/c1-4-5-13-29-19-14-17(18-11-12-27(18)3)21(23(24,25)26)15(2)20(19)22(28)30-16-9-7-6-8-10-16/h6-10,14,18H,4-5,11-13H2,1-3H3. The lowest BCUT2D eigenvalue weighted by molar-refractivity contribution is -0.139. The maximum absolute atomic E-state index is 14.1. The fourth-order valence-electron chi connectivity index (χ4n) is 3.70. The van der Waals surface area contributed by atoms with Crippen molar-refractivity contribution in [1.29, 1.82) is 0 Å². The Kier molecular flexibility index (Phi) is 6.71. The van der Waals surface area contributed by atoms with Crippen molar-refractivity contribution in [2.75, 3.05) is 20.2 Å². The smallest absolute Gasteiger partial charge is 0.417 e. The summed E-state index contributed by atoms with van der Waals surface area (Å²) < 4.78 is 53.3. The van der Waals surface area contributed by atoms with Crippen LogP contribution < -0.4 is 9.47 Å². The molecule has 1 aliphatic heterocycles. The monoisotopic (exact) mass is 421 g/mol. The van der Waals surface area contributed by atoms with E-state index in [4.69, 9.17) is 9.47 Å². The van der Waals surface area contributed by atoms with Gasteiger partial charge in [-0.2, -0.15) is 13.2 Å². The summed E-state index contributed by atoms with van der Waals surface area (Å²) in [6.45, 7) is 4.34. The van der Waals surface area contributed by atoms with E-state index in [9.17, 15) is 18.0 Å². The SMILES string of the molecule is CCCCOc1cc(C2CCN2C)c(C(F)(F)F)c(C)c1C(=O)Oc1ccccc1. The van der Waals surface area contributed by atoms with Gasteiger partial charge in [0.25, 0.3) is 0 Å². The van der Waals surface area contributed by atoms with Crippen molar-refractivity contribution in [3.8, 4) is 11.5 Å². The van der Waals surface area contributed by atoms with Gasteiger partial charge in [-0.25, -0.2) is 4.79 Å². The highest BCUT2D eigenvalue weighted by molar-refractivity contribution is 5.96. The Morgan fingerprint density at radius 3 is 2.47 bits per heavy atom. The number of alkyl halides is 3. The number of nitrogens with zero attached hydrogens (tertiary/aromatic N) is 1. The number of para-hydroxylation sites is 1. The van der Waals surface area contributed by atoms with Crippen LogP contribution in [0.25, 0.3) is 0 Å². The second-order valence-corrected chi connectivity index (χ2v) is 7.53. The van der Waals surface area contributed by atoms with E-state index in [-0.39, 0.29) is 34.2 Å². The predicted molar refractivity (Wildman–Crippen MR) is 108 cm³/mol. The molecule has 1 aliphatic rings. The first kappa shape index (κ1) is 22.2. The summed E-state index contributed by atoms with van der Waals surface area (Å²) in [7, 11) is 1.79. The molecule has 0 amide bonds. The molecule has 1 unspecified atom stereocenters. The fraction of sp³-hybridized carbons (Fsp3) is 0.435. The zero-order valence-electron chi connectivity index (χ0n) is 17.4. The molecule has 0 aliphatic carbocycles. The zero-order valence-corrected chi connectivity index (χ0v) is 17.4. The van der Waals surface area contributed by atoms with Crippen molar-refractivity contribution >= 4 is 5.97 Å². The van der Waals surface area contributed by atoms with E-state index in [1.165, 1.54) is 13.0 Å². The van der Waals surface area contributed by atoms with Gasteiger partial charge in [-0.15, -0.1) is 0 Å². The second-order valence-electron chi connectivity index (χ2n) is 7.53. The highest BCUT2D eigenvalue weighted by atomic mass is 19.4. The molecule has 1 heterocycles. The molecule has 1 atom stereocenters. The van der Waals surface area contributed by atoms with Gasteiger partial charge in [-0.1, -0.05) is 31.5 Å². The minimum Gasteiger partial charge on any atom is -0.493 e. The highest BCUT2D eigenvalue weighted by Crippen LogP contribution is 2.45. The number of rotatable bonds is 7. The number of hydrogen-bond acceptors (Lipinski definition) is 4. The molecule has 4 nitrogen and oxygen atoms in total. The van der Waals surface area contributed by atoms with Gasteiger partial charge in [0.05, 0.1) is 12.2 Å². The van der Waals surface area contributed by atoms with Gasteiger partial charge >= 0.3 is 12.1 Å². The van der Waals surface area contributed by atoms with Gasteiger partial charge in [0.15, 0.2) is 0 Å². The first-order valence-corrected chi connectivity index (χ1v) is 10.1. The fourth-order valence-corrected chi connectivity index (χ4v) is 3.70. The number of likely N-dealkylation sites (tertiary alicyclic amines) is 1. The summed E-state index contributed by atoms with van der Waals surface area (Å²) in [5, 5.41) is 0. The molecule has 1 saturated heterocycles. The first-order valence-electron chi connectivity index (χ1n) is 10.1. The van der Waals surface area contributed by atoms with Crippen LogP contribution in [0.4, 0.5) is 13.2 Å². The number of carbonyl (C=O) groups is 1. The number of esters is 1. The molecule has 0 radical (unpaired) electrons. The van der Waals surface area contributed by atoms with Crippen LogP contribution in [0, 0.1) is 6.92 Å². The summed E-state index contributed by atoms with van der Waals surface area (Å²) >= 11 is 0. The van der Waals surface area contributed by atoms with Crippen LogP contribution in [0.2, 0.25) is 0 Å². The molecule has 2 aromatic carbocycles. The molecule has 30 heavy (non-hydrogen) atoms. The molecule has 0 aromatic heterocycles. The van der Waals surface area contributed by atoms with E-state index in [1.54, 1.807) is 37.4 Å². The van der Waals surface area contributed by atoms with Crippen molar-refractivity contribution in [2.24, 2.45) is 0 Å². The molecule has 0 saturated carbocycles. The third kappa shape index (κ3) is 4.61. The van der Waals surface area contributed by atoms with Gasteiger partial charge in [-0.3, -0.25) is 4.90 Å². The predicted octanol–water partition coefficient (Wildman–Crippen LogP) is 5.79. The molecule has 2 aromatic rings. The number of carbonyl (C=O) groups excluding carboxylic acids is 1. The van der Waals surface area contributed by atoms with Crippen molar-refractivity contribution < 1.29 is 27.4 Å². The van der Waals surface area contributed by atoms with Crippen LogP contribution in [0.1, 0.15) is 59.3 Å². The lowest BCUT2D eigenvalue weighted by atomic mass is 9.86. The molecule has 0 spiro atoms. The van der Waals surface area contributed by atoms with Crippen LogP contribution in [-0.4, -0.2) is 31.1 Å². The number of unbranched alkanes of at least 4 members (excludes halogenated alkanes) is 1.